The van der Waals surface area contributed by atoms with Gasteiger partial charge in [-0.25, -0.2) is 0 Å². The quantitative estimate of drug-likeness (QED) is 0.476. The van der Waals surface area contributed by atoms with Crippen LogP contribution < -0.4 is 0 Å². The van der Waals surface area contributed by atoms with Crippen molar-refractivity contribution in [2.45, 2.75) is 65.2 Å². The minimum atomic E-state index is 1.31. The van der Waals surface area contributed by atoms with Gasteiger partial charge in [0.2, 0.25) is 0 Å². The summed E-state index contributed by atoms with van der Waals surface area (Å²) in [5.74, 6) is 0. The molecule has 0 radical (unpaired) electrons. The minimum absolute atomic E-state index is 1.31. The van der Waals surface area contributed by atoms with E-state index in [0.717, 1.165) is 0 Å². The second-order valence-electron chi connectivity index (χ2n) is 5.47. The van der Waals surface area contributed by atoms with E-state index in [0.29, 0.717) is 0 Å². The minimum Gasteiger partial charge on any atom is -0.0654 e. The van der Waals surface area contributed by atoms with Crippen molar-refractivity contribution in [3.63, 3.8) is 0 Å². The maximum absolute atomic E-state index is 2.27. The molecule has 0 atom stereocenters. The van der Waals surface area contributed by atoms with Gasteiger partial charge in [0, 0.05) is 0 Å². The van der Waals surface area contributed by atoms with Gasteiger partial charge in [0.1, 0.15) is 0 Å². The molecule has 2 rings (SSSR count). The van der Waals surface area contributed by atoms with Crippen LogP contribution in [-0.4, -0.2) is 0 Å². The van der Waals surface area contributed by atoms with Crippen molar-refractivity contribution in [2.24, 2.45) is 0 Å². The van der Waals surface area contributed by atoms with Crippen molar-refractivity contribution in [3.8, 4) is 0 Å². The molecule has 2 aromatic carbocycles. The fraction of sp³-hybridized carbons (Fsp3) is 0.500. The lowest BCUT2D eigenvalue weighted by molar-refractivity contribution is 0.585. The van der Waals surface area contributed by atoms with Crippen LogP contribution in [-0.2, 0) is 0 Å². The van der Waals surface area contributed by atoms with E-state index in [1.807, 2.05) is 0 Å². The summed E-state index contributed by atoms with van der Waals surface area (Å²) in [6.45, 7) is 4.54. The van der Waals surface area contributed by atoms with Gasteiger partial charge >= 0.3 is 0 Å². The highest BCUT2D eigenvalue weighted by Gasteiger charge is 1.87. The van der Waals surface area contributed by atoms with E-state index in [4.69, 9.17) is 0 Å². The average molecular weight is 270 g/mol. The maximum Gasteiger partial charge on any atom is -0.0184 e. The summed E-state index contributed by atoms with van der Waals surface area (Å²) >= 11 is 0. The molecule has 0 aromatic heterocycles. The zero-order valence-electron chi connectivity index (χ0n) is 13.3. The first kappa shape index (κ1) is 16.8. The maximum atomic E-state index is 2.27. The predicted molar refractivity (Wildman–Crippen MR) is 92.2 cm³/mol. The van der Waals surface area contributed by atoms with Gasteiger partial charge in [-0.15, -0.1) is 0 Å². The molecule has 0 saturated heterocycles. The smallest absolute Gasteiger partial charge is 0.0184 e. The zero-order valence-corrected chi connectivity index (χ0v) is 13.3. The van der Waals surface area contributed by atoms with Gasteiger partial charge in [-0.3, -0.25) is 0 Å². The highest BCUT2D eigenvalue weighted by Crippen LogP contribution is 2.11. The molecule has 0 bridgehead atoms. The second kappa shape index (κ2) is 11.5. The highest BCUT2D eigenvalue weighted by molar-refractivity contribution is 5.81. The first-order valence-electron chi connectivity index (χ1n) is 8.32. The largest absolute Gasteiger partial charge is 0.0654 e. The van der Waals surface area contributed by atoms with Crippen LogP contribution in [0.25, 0.3) is 10.8 Å². The first-order valence-corrected chi connectivity index (χ1v) is 8.32. The molecule has 2 aromatic rings. The molecule has 110 valence electrons. The SMILES string of the molecule is CCCCCCCCCC.c1ccc2ccccc2c1. The van der Waals surface area contributed by atoms with Crippen LogP contribution in [0.4, 0.5) is 0 Å². The topological polar surface area (TPSA) is 0 Å². The van der Waals surface area contributed by atoms with Crippen molar-refractivity contribution in [3.05, 3.63) is 48.5 Å². The second-order valence-corrected chi connectivity index (χ2v) is 5.47. The lowest BCUT2D eigenvalue weighted by Crippen LogP contribution is -1.77. The molecule has 0 N–H and O–H groups in total. The molecule has 0 spiro atoms. The van der Waals surface area contributed by atoms with Gasteiger partial charge < -0.3 is 0 Å². The molecule has 0 aliphatic rings. The normalized spacial score (nSPS) is 10.1. The van der Waals surface area contributed by atoms with E-state index < -0.39 is 0 Å². The first-order chi connectivity index (χ1) is 9.88. The van der Waals surface area contributed by atoms with Crippen LogP contribution in [0.5, 0.6) is 0 Å². The van der Waals surface area contributed by atoms with Gasteiger partial charge in [0.25, 0.3) is 0 Å². The Balaban J connectivity index is 0.000000200. The molecular formula is C20H30. The van der Waals surface area contributed by atoms with Crippen LogP contribution in [0.3, 0.4) is 0 Å². The van der Waals surface area contributed by atoms with Gasteiger partial charge in [0.15, 0.2) is 0 Å². The van der Waals surface area contributed by atoms with E-state index in [-0.39, 0.29) is 0 Å². The summed E-state index contributed by atoms with van der Waals surface area (Å²) in [4.78, 5) is 0. The molecular weight excluding hydrogens is 240 g/mol. The van der Waals surface area contributed by atoms with Gasteiger partial charge in [-0.05, 0) is 10.8 Å². The Labute approximate surface area is 125 Å². The molecule has 0 heteroatoms. The molecule has 0 amide bonds. The Bertz CT molecular complexity index is 371. The molecule has 20 heavy (non-hydrogen) atoms. The summed E-state index contributed by atoms with van der Waals surface area (Å²) in [6, 6.07) is 16.7. The highest BCUT2D eigenvalue weighted by atomic mass is 13.9. The summed E-state index contributed by atoms with van der Waals surface area (Å²) < 4.78 is 0. The Morgan fingerprint density at radius 2 is 0.800 bits per heavy atom. The Morgan fingerprint density at radius 1 is 0.500 bits per heavy atom. The number of benzene rings is 2. The summed E-state index contributed by atoms with van der Waals surface area (Å²) in [7, 11) is 0. The van der Waals surface area contributed by atoms with Crippen molar-refractivity contribution < 1.29 is 0 Å². The zero-order chi connectivity index (χ0) is 14.5. The van der Waals surface area contributed by atoms with E-state index >= 15 is 0 Å². The van der Waals surface area contributed by atoms with Crippen LogP contribution in [0, 0.1) is 0 Å². The van der Waals surface area contributed by atoms with E-state index in [2.05, 4.69) is 62.4 Å². The van der Waals surface area contributed by atoms with Crippen LogP contribution >= 0.6 is 0 Å². The summed E-state index contributed by atoms with van der Waals surface area (Å²) in [5.41, 5.74) is 0. The Kier molecular flexibility index (Phi) is 9.65. The number of fused-ring (bicyclic) bond motifs is 1. The third kappa shape index (κ3) is 7.33. The van der Waals surface area contributed by atoms with Crippen molar-refractivity contribution in [1.29, 1.82) is 0 Å². The van der Waals surface area contributed by atoms with E-state index in [1.165, 1.54) is 62.1 Å². The lowest BCUT2D eigenvalue weighted by Gasteiger charge is -1.97. The van der Waals surface area contributed by atoms with Crippen molar-refractivity contribution in [2.75, 3.05) is 0 Å². The number of unbranched alkanes of at least 4 members (excludes halogenated alkanes) is 7. The number of rotatable bonds is 7. The van der Waals surface area contributed by atoms with Gasteiger partial charge in [0.05, 0.1) is 0 Å². The molecule has 0 heterocycles. The molecule has 0 unspecified atom stereocenters. The fourth-order valence-corrected chi connectivity index (χ4v) is 2.34. The Hall–Kier alpha value is -1.30. The van der Waals surface area contributed by atoms with Crippen LogP contribution in [0.15, 0.2) is 48.5 Å². The number of hydrogen-bond donors (Lipinski definition) is 0. The molecule has 0 aliphatic carbocycles. The van der Waals surface area contributed by atoms with Crippen LogP contribution in [0.1, 0.15) is 65.2 Å². The van der Waals surface area contributed by atoms with Crippen molar-refractivity contribution in [1.82, 2.24) is 0 Å². The van der Waals surface area contributed by atoms with E-state index in [9.17, 15) is 0 Å². The third-order valence-electron chi connectivity index (χ3n) is 3.62. The Morgan fingerprint density at radius 3 is 1.10 bits per heavy atom. The summed E-state index contributed by atoms with van der Waals surface area (Å²) in [6.07, 6.45) is 11.5. The lowest BCUT2D eigenvalue weighted by atomic mass is 10.1. The number of hydrogen-bond acceptors (Lipinski definition) is 0. The van der Waals surface area contributed by atoms with E-state index in [1.54, 1.807) is 0 Å². The molecule has 0 saturated carbocycles. The van der Waals surface area contributed by atoms with Gasteiger partial charge in [-0.2, -0.15) is 0 Å². The van der Waals surface area contributed by atoms with Gasteiger partial charge in [-0.1, -0.05) is 114 Å². The van der Waals surface area contributed by atoms with Crippen LogP contribution in [0.2, 0.25) is 0 Å². The molecule has 0 aliphatic heterocycles. The van der Waals surface area contributed by atoms with Crippen molar-refractivity contribution >= 4 is 10.8 Å². The average Bonchev–Trinajstić information content (AvgIpc) is 2.52. The molecule has 0 nitrogen and oxygen atoms in total. The standard InChI is InChI=1S/C10H8.C10H22/c1-2-6-10-8-4-3-7-9(10)5-1;1-3-5-7-9-10-8-6-4-2/h1-8H;3-10H2,1-2H3. The molecule has 0 fully saturated rings. The predicted octanol–water partition coefficient (Wildman–Crippen LogP) is 6.99. The monoisotopic (exact) mass is 270 g/mol. The summed E-state index contributed by atoms with van der Waals surface area (Å²) in [5, 5.41) is 2.62. The third-order valence-corrected chi connectivity index (χ3v) is 3.62. The fourth-order valence-electron chi connectivity index (χ4n) is 2.34.